The average Bonchev–Trinajstić information content (AvgIpc) is 2.90. The molecule has 1 saturated heterocycles. The number of carbonyl (C=O) groups is 1. The molecule has 1 amide bonds. The summed E-state index contributed by atoms with van der Waals surface area (Å²) in [4.78, 5) is 13.9. The van der Waals surface area contributed by atoms with Crippen molar-refractivity contribution in [3.8, 4) is 5.75 Å². The molecule has 0 bridgehead atoms. The van der Waals surface area contributed by atoms with E-state index in [-0.39, 0.29) is 12.3 Å². The minimum absolute atomic E-state index is 0.0255. The average molecular weight is 374 g/mol. The van der Waals surface area contributed by atoms with Gasteiger partial charge >= 0.3 is 6.09 Å². The Hall–Kier alpha value is -2.38. The van der Waals surface area contributed by atoms with Gasteiger partial charge in [0.05, 0.1) is 5.75 Å². The molecule has 1 aliphatic heterocycles. The molecule has 3 rings (SSSR count). The van der Waals surface area contributed by atoms with E-state index in [0.29, 0.717) is 31.8 Å². The summed E-state index contributed by atoms with van der Waals surface area (Å²) in [5.41, 5.74) is 0.761. The number of amides is 1. The monoisotopic (exact) mass is 374 g/mol. The van der Waals surface area contributed by atoms with Crippen molar-refractivity contribution < 1.29 is 17.9 Å². The van der Waals surface area contributed by atoms with Gasteiger partial charge in [-0.3, -0.25) is 0 Å². The molecule has 7 heteroatoms. The fraction of sp³-hybridized carbons (Fsp3) is 0.316. The Kier molecular flexibility index (Phi) is 5.90. The zero-order valence-electron chi connectivity index (χ0n) is 14.5. The fourth-order valence-electron chi connectivity index (χ4n) is 2.88. The number of hydrogen-bond acceptors (Lipinski definition) is 4. The van der Waals surface area contributed by atoms with Crippen LogP contribution < -0.4 is 4.74 Å². The topological polar surface area (TPSA) is 66.9 Å². The number of rotatable bonds is 4. The van der Waals surface area contributed by atoms with Gasteiger partial charge in [-0.25, -0.2) is 13.2 Å². The molecule has 2 aromatic carbocycles. The first-order chi connectivity index (χ1) is 12.5. The maximum absolute atomic E-state index is 12.7. The highest BCUT2D eigenvalue weighted by atomic mass is 32.2. The quantitative estimate of drug-likeness (QED) is 0.825. The van der Waals surface area contributed by atoms with E-state index in [4.69, 9.17) is 4.74 Å². The van der Waals surface area contributed by atoms with Crippen LogP contribution in [0, 0.1) is 0 Å². The lowest BCUT2D eigenvalue weighted by Gasteiger charge is -2.21. The van der Waals surface area contributed by atoms with E-state index in [0.717, 1.165) is 5.56 Å². The lowest BCUT2D eigenvalue weighted by atomic mass is 10.2. The van der Waals surface area contributed by atoms with Crippen molar-refractivity contribution in [2.75, 3.05) is 26.2 Å². The third kappa shape index (κ3) is 4.83. The van der Waals surface area contributed by atoms with Crippen LogP contribution in [0.4, 0.5) is 4.79 Å². The first kappa shape index (κ1) is 18.4. The molecule has 0 radical (unpaired) electrons. The summed E-state index contributed by atoms with van der Waals surface area (Å²) in [6.07, 6.45) is 0.135. The van der Waals surface area contributed by atoms with E-state index in [2.05, 4.69) is 0 Å². The molecule has 138 valence electrons. The van der Waals surface area contributed by atoms with Gasteiger partial charge in [0.1, 0.15) is 5.75 Å². The normalized spacial score (nSPS) is 16.1. The van der Waals surface area contributed by atoms with Crippen molar-refractivity contribution >= 4 is 16.1 Å². The largest absolute Gasteiger partial charge is 0.415 e. The van der Waals surface area contributed by atoms with Crippen molar-refractivity contribution in [1.82, 2.24) is 9.21 Å². The van der Waals surface area contributed by atoms with Gasteiger partial charge in [0, 0.05) is 26.2 Å². The van der Waals surface area contributed by atoms with E-state index in [9.17, 15) is 13.2 Å². The number of sulfonamides is 1. The molecule has 0 unspecified atom stereocenters. The van der Waals surface area contributed by atoms with Gasteiger partial charge < -0.3 is 9.64 Å². The summed E-state index contributed by atoms with van der Waals surface area (Å²) in [6.45, 7) is 1.48. The molecule has 1 fully saturated rings. The summed E-state index contributed by atoms with van der Waals surface area (Å²) >= 11 is 0. The Labute approximate surface area is 154 Å². The third-order valence-corrected chi connectivity index (χ3v) is 6.10. The number of nitrogens with zero attached hydrogens (tertiary/aromatic N) is 2. The lowest BCUT2D eigenvalue weighted by molar-refractivity contribution is 0.154. The standard InChI is InChI=1S/C19H22N2O4S/c22-19(25-18-10-5-2-6-11-18)20-12-7-13-21(15-14-20)26(23,24)16-17-8-3-1-4-9-17/h1-6,8-11H,7,12-16H2. The molecule has 1 aliphatic rings. The Bertz CT molecular complexity index is 825. The van der Waals surface area contributed by atoms with Crippen molar-refractivity contribution in [2.24, 2.45) is 0 Å². The minimum atomic E-state index is -3.41. The van der Waals surface area contributed by atoms with Crippen LogP contribution >= 0.6 is 0 Å². The van der Waals surface area contributed by atoms with E-state index in [1.807, 2.05) is 24.3 Å². The summed E-state index contributed by atoms with van der Waals surface area (Å²) < 4.78 is 32.1. The van der Waals surface area contributed by atoms with Crippen molar-refractivity contribution in [2.45, 2.75) is 12.2 Å². The van der Waals surface area contributed by atoms with Crippen LogP contribution in [0.25, 0.3) is 0 Å². The zero-order chi connectivity index (χ0) is 18.4. The molecule has 0 aliphatic carbocycles. The molecule has 26 heavy (non-hydrogen) atoms. The van der Waals surface area contributed by atoms with Gasteiger partial charge in [0.25, 0.3) is 0 Å². The molecule has 0 spiro atoms. The Balaban J connectivity index is 1.60. The lowest BCUT2D eigenvalue weighted by Crippen LogP contribution is -2.38. The molecule has 6 nitrogen and oxygen atoms in total. The number of carbonyl (C=O) groups excluding carboxylic acids is 1. The smallest absolute Gasteiger partial charge is 0.410 e. The first-order valence-electron chi connectivity index (χ1n) is 8.58. The summed E-state index contributed by atoms with van der Waals surface area (Å²) in [5, 5.41) is 0. The molecule has 1 heterocycles. The predicted octanol–water partition coefficient (Wildman–Crippen LogP) is 2.72. The van der Waals surface area contributed by atoms with E-state index < -0.39 is 16.1 Å². The highest BCUT2D eigenvalue weighted by molar-refractivity contribution is 7.88. The van der Waals surface area contributed by atoms with Gasteiger partial charge in [0.2, 0.25) is 10.0 Å². The first-order valence-corrected chi connectivity index (χ1v) is 10.2. The summed E-state index contributed by atoms with van der Waals surface area (Å²) in [6, 6.07) is 18.0. The van der Waals surface area contributed by atoms with E-state index >= 15 is 0 Å². The van der Waals surface area contributed by atoms with Crippen molar-refractivity contribution in [3.05, 3.63) is 66.2 Å². The second kappa shape index (κ2) is 8.33. The molecular weight excluding hydrogens is 352 g/mol. The third-order valence-electron chi connectivity index (χ3n) is 4.25. The summed E-state index contributed by atoms with van der Waals surface area (Å²) in [7, 11) is -3.41. The van der Waals surface area contributed by atoms with Gasteiger partial charge in [0.15, 0.2) is 0 Å². The minimum Gasteiger partial charge on any atom is -0.410 e. The molecule has 0 saturated carbocycles. The molecule has 0 atom stereocenters. The van der Waals surface area contributed by atoms with Crippen LogP contribution in [-0.2, 0) is 15.8 Å². The Morgan fingerprint density at radius 2 is 1.54 bits per heavy atom. The number of ether oxygens (including phenoxy) is 1. The molecule has 2 aromatic rings. The SMILES string of the molecule is O=C(Oc1ccccc1)N1CCCN(S(=O)(=O)Cc2ccccc2)CC1. The maximum atomic E-state index is 12.7. The predicted molar refractivity (Wildman–Crippen MR) is 99.3 cm³/mol. The molecular formula is C19H22N2O4S. The van der Waals surface area contributed by atoms with Gasteiger partial charge in [-0.15, -0.1) is 0 Å². The van der Waals surface area contributed by atoms with Crippen LogP contribution in [0.5, 0.6) is 5.75 Å². The van der Waals surface area contributed by atoms with Crippen LogP contribution in [-0.4, -0.2) is 49.9 Å². The maximum Gasteiger partial charge on any atom is 0.415 e. The van der Waals surface area contributed by atoms with Gasteiger partial charge in [-0.2, -0.15) is 4.31 Å². The van der Waals surface area contributed by atoms with Crippen LogP contribution in [0.15, 0.2) is 60.7 Å². The van der Waals surface area contributed by atoms with E-state index in [1.54, 1.807) is 41.3 Å². The Morgan fingerprint density at radius 3 is 2.23 bits per heavy atom. The molecule has 0 aromatic heterocycles. The number of benzene rings is 2. The van der Waals surface area contributed by atoms with Crippen LogP contribution in [0.2, 0.25) is 0 Å². The Morgan fingerprint density at radius 1 is 0.885 bits per heavy atom. The highest BCUT2D eigenvalue weighted by Gasteiger charge is 2.27. The van der Waals surface area contributed by atoms with Gasteiger partial charge in [-0.05, 0) is 24.1 Å². The van der Waals surface area contributed by atoms with Crippen molar-refractivity contribution in [1.29, 1.82) is 0 Å². The van der Waals surface area contributed by atoms with Crippen LogP contribution in [0.3, 0.4) is 0 Å². The van der Waals surface area contributed by atoms with E-state index in [1.165, 1.54) is 4.31 Å². The van der Waals surface area contributed by atoms with Crippen molar-refractivity contribution in [3.63, 3.8) is 0 Å². The number of hydrogen-bond donors (Lipinski definition) is 0. The van der Waals surface area contributed by atoms with Gasteiger partial charge in [-0.1, -0.05) is 48.5 Å². The van der Waals surface area contributed by atoms with Crippen LogP contribution in [0.1, 0.15) is 12.0 Å². The second-order valence-electron chi connectivity index (χ2n) is 6.16. The number of para-hydroxylation sites is 1. The summed E-state index contributed by atoms with van der Waals surface area (Å²) in [5.74, 6) is 0.456. The molecule has 0 N–H and O–H groups in total. The second-order valence-corrected chi connectivity index (χ2v) is 8.13. The highest BCUT2D eigenvalue weighted by Crippen LogP contribution is 2.15. The zero-order valence-corrected chi connectivity index (χ0v) is 15.3. The fourth-order valence-corrected chi connectivity index (χ4v) is 4.45.